The van der Waals surface area contributed by atoms with Crippen LogP contribution in [0.5, 0.6) is 0 Å². The van der Waals surface area contributed by atoms with E-state index < -0.39 is 0 Å². The molecule has 0 aromatic carbocycles. The second-order valence-electron chi connectivity index (χ2n) is 7.07. The summed E-state index contributed by atoms with van der Waals surface area (Å²) >= 11 is 0. The number of pyridine rings is 1. The van der Waals surface area contributed by atoms with E-state index in [1.54, 1.807) is 10.8 Å². The summed E-state index contributed by atoms with van der Waals surface area (Å²) in [5, 5.41) is 3.07. The van der Waals surface area contributed by atoms with E-state index in [-0.39, 0.29) is 30.2 Å². The first-order chi connectivity index (χ1) is 11.7. The molecule has 0 spiro atoms. The highest BCUT2D eigenvalue weighted by Crippen LogP contribution is 2.30. The van der Waals surface area contributed by atoms with Gasteiger partial charge in [0.15, 0.2) is 5.65 Å². The Morgan fingerprint density at radius 3 is 2.62 bits per heavy atom. The van der Waals surface area contributed by atoms with Crippen molar-refractivity contribution in [3.05, 3.63) is 28.8 Å². The lowest BCUT2D eigenvalue weighted by Crippen LogP contribution is -2.38. The van der Waals surface area contributed by atoms with Gasteiger partial charge in [0.1, 0.15) is 6.54 Å². The van der Waals surface area contributed by atoms with Crippen LogP contribution < -0.4 is 11.0 Å². The molecular formula is C18H24N4O2. The van der Waals surface area contributed by atoms with Crippen molar-refractivity contribution in [3.63, 3.8) is 0 Å². The molecule has 6 heteroatoms. The molecule has 0 saturated heterocycles. The number of hydrogen-bond acceptors (Lipinski definition) is 3. The van der Waals surface area contributed by atoms with Crippen LogP contribution in [0.3, 0.4) is 0 Å². The molecule has 2 aliphatic rings. The molecule has 2 aromatic heterocycles. The predicted molar refractivity (Wildman–Crippen MR) is 91.9 cm³/mol. The Morgan fingerprint density at radius 1 is 1.17 bits per heavy atom. The molecule has 24 heavy (non-hydrogen) atoms. The number of aromatic nitrogens is 3. The quantitative estimate of drug-likeness (QED) is 0.937. The second kappa shape index (κ2) is 6.42. The Balaban J connectivity index is 1.66. The van der Waals surface area contributed by atoms with Crippen molar-refractivity contribution in [1.29, 1.82) is 0 Å². The van der Waals surface area contributed by atoms with E-state index in [1.165, 1.54) is 12.8 Å². The summed E-state index contributed by atoms with van der Waals surface area (Å²) in [5.41, 5.74) is 1.37. The zero-order valence-corrected chi connectivity index (χ0v) is 13.9. The minimum absolute atomic E-state index is 0.0710. The lowest BCUT2D eigenvalue weighted by molar-refractivity contribution is -0.122. The third-order valence-electron chi connectivity index (χ3n) is 5.43. The first-order valence-corrected chi connectivity index (χ1v) is 9.09. The van der Waals surface area contributed by atoms with Crippen LogP contribution in [0.15, 0.2) is 23.1 Å². The zero-order valence-electron chi connectivity index (χ0n) is 13.9. The zero-order chi connectivity index (χ0) is 16.5. The molecule has 2 heterocycles. The van der Waals surface area contributed by atoms with Crippen LogP contribution in [0.4, 0.5) is 0 Å². The van der Waals surface area contributed by atoms with E-state index >= 15 is 0 Å². The Hall–Kier alpha value is -2.11. The number of nitrogens with zero attached hydrogens (tertiary/aromatic N) is 3. The monoisotopic (exact) mass is 328 g/mol. The van der Waals surface area contributed by atoms with Gasteiger partial charge in [0.25, 0.3) is 0 Å². The molecule has 0 radical (unpaired) electrons. The van der Waals surface area contributed by atoms with Gasteiger partial charge in [-0.15, -0.1) is 0 Å². The van der Waals surface area contributed by atoms with Crippen molar-refractivity contribution in [2.24, 2.45) is 0 Å². The summed E-state index contributed by atoms with van der Waals surface area (Å²) < 4.78 is 3.40. The van der Waals surface area contributed by atoms with Gasteiger partial charge in [-0.05, 0) is 37.8 Å². The minimum Gasteiger partial charge on any atom is -0.352 e. The van der Waals surface area contributed by atoms with Gasteiger partial charge in [-0.2, -0.15) is 0 Å². The number of carbonyl (C=O) groups is 1. The number of amides is 1. The largest absolute Gasteiger partial charge is 0.352 e. The number of nitrogens with one attached hydrogen (secondary N) is 1. The van der Waals surface area contributed by atoms with Crippen LogP contribution in [0.25, 0.3) is 11.2 Å². The summed E-state index contributed by atoms with van der Waals surface area (Å²) in [4.78, 5) is 29.8. The van der Waals surface area contributed by atoms with Gasteiger partial charge in [0.05, 0.1) is 5.52 Å². The molecule has 2 fully saturated rings. The maximum absolute atomic E-state index is 13.0. The third kappa shape index (κ3) is 2.74. The Labute approximate surface area is 140 Å². The molecule has 1 N–H and O–H groups in total. The molecule has 4 rings (SSSR count). The topological polar surface area (TPSA) is 68.9 Å². The molecule has 2 aromatic rings. The predicted octanol–water partition coefficient (Wildman–Crippen LogP) is 2.37. The molecular weight excluding hydrogens is 304 g/mol. The van der Waals surface area contributed by atoms with Crippen molar-refractivity contribution < 1.29 is 4.79 Å². The van der Waals surface area contributed by atoms with E-state index in [0.717, 1.165) is 44.0 Å². The average molecular weight is 328 g/mol. The van der Waals surface area contributed by atoms with Crippen molar-refractivity contribution >= 4 is 17.1 Å². The highest BCUT2D eigenvalue weighted by molar-refractivity contribution is 5.79. The van der Waals surface area contributed by atoms with E-state index in [1.807, 2.05) is 16.7 Å². The second-order valence-corrected chi connectivity index (χ2v) is 7.07. The number of imidazole rings is 1. The van der Waals surface area contributed by atoms with Crippen molar-refractivity contribution in [1.82, 2.24) is 19.4 Å². The normalized spacial score (nSPS) is 19.3. The molecule has 2 aliphatic carbocycles. The fourth-order valence-electron chi connectivity index (χ4n) is 4.24. The average Bonchev–Trinajstić information content (AvgIpc) is 3.30. The Kier molecular flexibility index (Phi) is 4.12. The van der Waals surface area contributed by atoms with E-state index in [2.05, 4.69) is 10.3 Å². The summed E-state index contributed by atoms with van der Waals surface area (Å²) in [5.74, 6) is -0.0710. The highest BCUT2D eigenvalue weighted by atomic mass is 16.2. The van der Waals surface area contributed by atoms with Crippen LogP contribution in [-0.4, -0.2) is 26.1 Å². The van der Waals surface area contributed by atoms with E-state index in [0.29, 0.717) is 5.65 Å². The first kappa shape index (κ1) is 15.4. The minimum atomic E-state index is -0.0998. The maximum Gasteiger partial charge on any atom is 0.331 e. The summed E-state index contributed by atoms with van der Waals surface area (Å²) in [6.45, 7) is 0.0806. The van der Waals surface area contributed by atoms with Gasteiger partial charge in [-0.3, -0.25) is 13.9 Å². The lowest BCUT2D eigenvalue weighted by Gasteiger charge is -2.12. The molecule has 6 nitrogen and oxygen atoms in total. The van der Waals surface area contributed by atoms with E-state index in [9.17, 15) is 9.59 Å². The fraction of sp³-hybridized carbons (Fsp3) is 0.611. The number of rotatable bonds is 4. The molecule has 1 amide bonds. The van der Waals surface area contributed by atoms with Crippen molar-refractivity contribution in [2.75, 3.05) is 0 Å². The number of carbonyl (C=O) groups excluding carboxylic acids is 1. The first-order valence-electron chi connectivity index (χ1n) is 9.09. The smallest absolute Gasteiger partial charge is 0.331 e. The SMILES string of the molecule is O=C(Cn1c(=O)n(C2CCCC2)c2ncccc21)NC1CCCC1. The maximum atomic E-state index is 13.0. The standard InChI is InChI=1S/C18H24N4O2/c23-16(20-13-6-1-2-7-13)12-21-15-10-5-11-19-17(15)22(18(21)24)14-8-3-4-9-14/h5,10-11,13-14H,1-4,6-9,12H2,(H,20,23). The molecule has 0 unspecified atom stereocenters. The van der Waals surface area contributed by atoms with Gasteiger partial charge in [0, 0.05) is 18.3 Å². The Morgan fingerprint density at radius 2 is 1.88 bits per heavy atom. The van der Waals surface area contributed by atoms with Gasteiger partial charge in [0.2, 0.25) is 5.91 Å². The molecule has 0 atom stereocenters. The lowest BCUT2D eigenvalue weighted by atomic mass is 10.2. The van der Waals surface area contributed by atoms with Gasteiger partial charge in [-0.1, -0.05) is 25.7 Å². The van der Waals surface area contributed by atoms with Crippen LogP contribution >= 0.6 is 0 Å². The van der Waals surface area contributed by atoms with Crippen molar-refractivity contribution in [3.8, 4) is 0 Å². The van der Waals surface area contributed by atoms with Gasteiger partial charge >= 0.3 is 5.69 Å². The molecule has 0 aliphatic heterocycles. The molecule has 128 valence electrons. The number of hydrogen-bond donors (Lipinski definition) is 1. The van der Waals surface area contributed by atoms with Crippen LogP contribution in [0, 0.1) is 0 Å². The van der Waals surface area contributed by atoms with Gasteiger partial charge in [-0.25, -0.2) is 9.78 Å². The third-order valence-corrected chi connectivity index (χ3v) is 5.43. The fourth-order valence-corrected chi connectivity index (χ4v) is 4.24. The van der Waals surface area contributed by atoms with Gasteiger partial charge < -0.3 is 5.32 Å². The van der Waals surface area contributed by atoms with E-state index in [4.69, 9.17) is 0 Å². The molecule has 0 bridgehead atoms. The highest BCUT2D eigenvalue weighted by Gasteiger charge is 2.25. The number of fused-ring (bicyclic) bond motifs is 1. The Bertz CT molecular complexity index is 795. The summed E-state index contributed by atoms with van der Waals surface area (Å²) in [7, 11) is 0. The summed E-state index contributed by atoms with van der Waals surface area (Å²) in [6.07, 6.45) is 10.5. The van der Waals surface area contributed by atoms with Crippen molar-refractivity contribution in [2.45, 2.75) is 70.0 Å². The van der Waals surface area contributed by atoms with Crippen LogP contribution in [-0.2, 0) is 11.3 Å². The van der Waals surface area contributed by atoms with Crippen LogP contribution in [0.1, 0.15) is 57.4 Å². The summed E-state index contributed by atoms with van der Waals surface area (Å²) in [6, 6.07) is 4.20. The van der Waals surface area contributed by atoms with Crippen LogP contribution in [0.2, 0.25) is 0 Å². The molecule has 2 saturated carbocycles.